The van der Waals surface area contributed by atoms with Crippen LogP contribution in [0.4, 0.5) is 23.0 Å². The van der Waals surface area contributed by atoms with Crippen LogP contribution in [0.5, 0.6) is 0 Å². The summed E-state index contributed by atoms with van der Waals surface area (Å²) in [6.07, 6.45) is 10.2. The van der Waals surface area contributed by atoms with Crippen molar-refractivity contribution < 1.29 is 4.79 Å². The Hall–Kier alpha value is -4.41. The summed E-state index contributed by atoms with van der Waals surface area (Å²) < 4.78 is 0. The number of benzene rings is 1. The molecule has 0 saturated carbocycles. The maximum atomic E-state index is 12.3. The first-order chi connectivity index (χ1) is 18.9. The Balaban J connectivity index is 1.34. The normalized spacial score (nSPS) is 14.3. The number of hydrogen-bond donors (Lipinski definition) is 2. The molecular weight excluding hydrogens is 490 g/mol. The Labute approximate surface area is 228 Å². The summed E-state index contributed by atoms with van der Waals surface area (Å²) in [6.45, 7) is 4.88. The fourth-order valence-corrected chi connectivity index (χ4v) is 4.36. The van der Waals surface area contributed by atoms with E-state index in [2.05, 4.69) is 66.7 Å². The molecule has 10 heteroatoms. The Morgan fingerprint density at radius 3 is 2.56 bits per heavy atom. The van der Waals surface area contributed by atoms with Crippen LogP contribution in [-0.2, 0) is 4.79 Å². The molecule has 39 heavy (non-hydrogen) atoms. The van der Waals surface area contributed by atoms with Gasteiger partial charge in [0.2, 0.25) is 11.9 Å². The molecule has 1 fully saturated rings. The number of carbonyl (C=O) groups is 1. The number of carbonyl (C=O) groups excluding carboxylic acids is 1. The van der Waals surface area contributed by atoms with Crippen LogP contribution in [0.2, 0.25) is 0 Å². The quantitative estimate of drug-likeness (QED) is 0.335. The summed E-state index contributed by atoms with van der Waals surface area (Å²) in [4.78, 5) is 37.2. The van der Waals surface area contributed by atoms with Gasteiger partial charge in [0.05, 0.1) is 11.2 Å². The second-order valence-electron chi connectivity index (χ2n) is 9.86. The topological polar surface area (TPSA) is 102 Å². The summed E-state index contributed by atoms with van der Waals surface area (Å²) in [5.41, 5.74) is 4.90. The predicted octanol–water partition coefficient (Wildman–Crippen LogP) is 3.64. The highest BCUT2D eigenvalue weighted by atomic mass is 16.1. The van der Waals surface area contributed by atoms with E-state index in [0.717, 1.165) is 48.3 Å². The minimum Gasteiger partial charge on any atom is -0.369 e. The highest BCUT2D eigenvalue weighted by molar-refractivity contribution is 6.00. The molecule has 1 aliphatic heterocycles. The Morgan fingerprint density at radius 2 is 1.79 bits per heavy atom. The lowest BCUT2D eigenvalue weighted by Gasteiger charge is -2.34. The molecule has 1 amide bonds. The van der Waals surface area contributed by atoms with Gasteiger partial charge in [-0.3, -0.25) is 14.8 Å². The van der Waals surface area contributed by atoms with Gasteiger partial charge in [0.1, 0.15) is 0 Å². The number of nitrogens with zero attached hydrogens (tertiary/aromatic N) is 7. The molecule has 4 heterocycles. The van der Waals surface area contributed by atoms with Crippen molar-refractivity contribution in [2.45, 2.75) is 0 Å². The lowest BCUT2D eigenvalue weighted by atomic mass is 10.1. The molecule has 0 aliphatic carbocycles. The molecule has 1 aliphatic rings. The SMILES string of the molecule is CN(C)C/C=C/C(=O)Nc1ccnc(-c2cncc3cnc(Nc4ccc(N5CCN(C)CC5)cc4)nc23)c1. The molecule has 3 aromatic heterocycles. The van der Waals surface area contributed by atoms with Gasteiger partial charge in [0, 0.05) is 91.6 Å². The average Bonchev–Trinajstić information content (AvgIpc) is 2.93. The molecule has 0 spiro atoms. The van der Waals surface area contributed by atoms with Crippen molar-refractivity contribution in [3.05, 3.63) is 73.3 Å². The average molecular weight is 524 g/mol. The van der Waals surface area contributed by atoms with Crippen LogP contribution in [0, 0.1) is 0 Å². The van der Waals surface area contributed by atoms with Crippen LogP contribution < -0.4 is 15.5 Å². The second kappa shape index (κ2) is 12.0. The molecule has 1 aromatic carbocycles. The maximum Gasteiger partial charge on any atom is 0.248 e. The summed E-state index contributed by atoms with van der Waals surface area (Å²) in [7, 11) is 6.06. The fourth-order valence-electron chi connectivity index (χ4n) is 4.36. The molecular formula is C29H33N9O. The molecule has 0 radical (unpaired) electrons. The first-order valence-corrected chi connectivity index (χ1v) is 12.9. The van der Waals surface area contributed by atoms with E-state index in [4.69, 9.17) is 4.98 Å². The van der Waals surface area contributed by atoms with Crippen molar-refractivity contribution in [2.24, 2.45) is 0 Å². The van der Waals surface area contributed by atoms with Gasteiger partial charge in [0.25, 0.3) is 0 Å². The fraction of sp³-hybridized carbons (Fsp3) is 0.276. The Kier molecular flexibility index (Phi) is 8.04. The number of piperazine rings is 1. The van der Waals surface area contributed by atoms with Crippen LogP contribution >= 0.6 is 0 Å². The smallest absolute Gasteiger partial charge is 0.248 e. The Bertz CT molecular complexity index is 1460. The number of likely N-dealkylation sites (N-methyl/N-ethyl adjacent to an activating group) is 2. The summed E-state index contributed by atoms with van der Waals surface area (Å²) >= 11 is 0. The zero-order valence-corrected chi connectivity index (χ0v) is 22.5. The third kappa shape index (κ3) is 6.73. The number of hydrogen-bond acceptors (Lipinski definition) is 9. The van der Waals surface area contributed by atoms with Gasteiger partial charge in [-0.2, -0.15) is 0 Å². The third-order valence-corrected chi connectivity index (χ3v) is 6.52. The van der Waals surface area contributed by atoms with E-state index in [1.54, 1.807) is 30.9 Å². The van der Waals surface area contributed by atoms with Gasteiger partial charge < -0.3 is 25.3 Å². The molecule has 10 nitrogen and oxygen atoms in total. The summed E-state index contributed by atoms with van der Waals surface area (Å²) in [5.74, 6) is 0.287. The van der Waals surface area contributed by atoms with Crippen LogP contribution in [0.1, 0.15) is 0 Å². The monoisotopic (exact) mass is 523 g/mol. The van der Waals surface area contributed by atoms with Crippen molar-refractivity contribution in [1.29, 1.82) is 0 Å². The molecule has 4 aromatic rings. The maximum absolute atomic E-state index is 12.3. The lowest BCUT2D eigenvalue weighted by molar-refractivity contribution is -0.111. The van der Waals surface area contributed by atoms with Crippen LogP contribution in [0.15, 0.2) is 73.3 Å². The standard InChI is InChI=1S/C29H33N9O/c1-36(2)12-4-5-27(39)33-23-10-11-31-26(17-23)25-20-30-18-21-19-32-29(35-28(21)25)34-22-6-8-24(9-7-22)38-15-13-37(3)14-16-38/h4-11,17-20H,12-16H2,1-3H3,(H,31,33,39)(H,32,34,35)/b5-4+. The first kappa shape index (κ1) is 26.2. The van der Waals surface area contributed by atoms with Gasteiger partial charge in [0.15, 0.2) is 0 Å². The van der Waals surface area contributed by atoms with Crippen LogP contribution in [0.25, 0.3) is 22.2 Å². The van der Waals surface area contributed by atoms with Crippen LogP contribution in [0.3, 0.4) is 0 Å². The van der Waals surface area contributed by atoms with E-state index in [9.17, 15) is 4.79 Å². The molecule has 0 unspecified atom stereocenters. The number of aromatic nitrogens is 4. The number of pyridine rings is 2. The number of rotatable bonds is 8. The molecule has 0 atom stereocenters. The zero-order valence-electron chi connectivity index (χ0n) is 22.5. The van der Waals surface area contributed by atoms with Crippen LogP contribution in [-0.4, -0.2) is 89.5 Å². The molecule has 200 valence electrons. The van der Waals surface area contributed by atoms with Crippen molar-refractivity contribution in [3.63, 3.8) is 0 Å². The van der Waals surface area contributed by atoms with E-state index in [-0.39, 0.29) is 5.91 Å². The molecule has 2 N–H and O–H groups in total. The van der Waals surface area contributed by atoms with E-state index in [1.807, 2.05) is 31.1 Å². The van der Waals surface area contributed by atoms with Crippen molar-refractivity contribution in [1.82, 2.24) is 29.7 Å². The highest BCUT2D eigenvalue weighted by Gasteiger charge is 2.14. The number of nitrogens with one attached hydrogen (secondary N) is 2. The predicted molar refractivity (Wildman–Crippen MR) is 156 cm³/mol. The van der Waals surface area contributed by atoms with Gasteiger partial charge in [-0.25, -0.2) is 9.97 Å². The van der Waals surface area contributed by atoms with Crippen molar-refractivity contribution in [2.75, 3.05) is 69.4 Å². The van der Waals surface area contributed by atoms with E-state index in [1.165, 1.54) is 11.8 Å². The molecule has 0 bridgehead atoms. The molecule has 1 saturated heterocycles. The molecule has 5 rings (SSSR count). The van der Waals surface area contributed by atoms with Gasteiger partial charge >= 0.3 is 0 Å². The van der Waals surface area contributed by atoms with E-state index in [0.29, 0.717) is 23.9 Å². The van der Waals surface area contributed by atoms with Gasteiger partial charge in [-0.05, 0) is 57.5 Å². The number of anilines is 4. The largest absolute Gasteiger partial charge is 0.369 e. The second-order valence-corrected chi connectivity index (χ2v) is 9.86. The minimum atomic E-state index is -0.197. The highest BCUT2D eigenvalue weighted by Crippen LogP contribution is 2.28. The third-order valence-electron chi connectivity index (χ3n) is 6.52. The van der Waals surface area contributed by atoms with Gasteiger partial charge in [-0.15, -0.1) is 0 Å². The van der Waals surface area contributed by atoms with Crippen molar-refractivity contribution in [3.8, 4) is 11.3 Å². The first-order valence-electron chi connectivity index (χ1n) is 12.9. The summed E-state index contributed by atoms with van der Waals surface area (Å²) in [5, 5.41) is 7.01. The summed E-state index contributed by atoms with van der Waals surface area (Å²) in [6, 6.07) is 11.9. The van der Waals surface area contributed by atoms with Crippen molar-refractivity contribution >= 4 is 39.8 Å². The lowest BCUT2D eigenvalue weighted by Crippen LogP contribution is -2.44. The van der Waals surface area contributed by atoms with Gasteiger partial charge in [-0.1, -0.05) is 6.08 Å². The minimum absolute atomic E-state index is 0.197. The number of amides is 1. The van der Waals surface area contributed by atoms with E-state index < -0.39 is 0 Å². The van der Waals surface area contributed by atoms with E-state index >= 15 is 0 Å². The zero-order chi connectivity index (χ0) is 27.2. The Morgan fingerprint density at radius 1 is 1.00 bits per heavy atom. The number of fused-ring (bicyclic) bond motifs is 1.